The molecular weight excluding hydrogens is 154 g/mol. The average molecular weight is 173 g/mol. The average Bonchev–Trinajstić information content (AvgIpc) is 2.47. The van der Waals surface area contributed by atoms with E-state index in [2.05, 4.69) is 5.32 Å². The van der Waals surface area contributed by atoms with Gasteiger partial charge in [-0.1, -0.05) is 12.8 Å². The second-order valence-corrected chi connectivity index (χ2v) is 3.59. The minimum Gasteiger partial charge on any atom is -0.387 e. The molecule has 1 saturated carbocycles. The van der Waals surface area contributed by atoms with E-state index >= 15 is 0 Å². The largest absolute Gasteiger partial charge is 0.387 e. The molecule has 0 atom stereocenters. The lowest BCUT2D eigenvalue weighted by Gasteiger charge is -2.21. The van der Waals surface area contributed by atoms with Crippen LogP contribution in [0, 0.1) is 0 Å². The van der Waals surface area contributed by atoms with Crippen molar-refractivity contribution in [3.05, 3.63) is 0 Å². The third-order valence-corrected chi connectivity index (χ3v) is 2.40. The molecule has 0 saturated heterocycles. The van der Waals surface area contributed by atoms with Gasteiger partial charge in [0.1, 0.15) is 0 Å². The molecule has 1 rings (SSSR count). The number of hydrogen-bond acceptors (Lipinski definition) is 3. The van der Waals surface area contributed by atoms with Crippen LogP contribution in [-0.2, 0) is 4.74 Å². The molecule has 2 N–H and O–H groups in total. The van der Waals surface area contributed by atoms with E-state index in [-0.39, 0.29) is 0 Å². The number of nitrogens with one attached hydrogen (secondary N) is 1. The highest BCUT2D eigenvalue weighted by Gasteiger charge is 2.30. The number of aliphatic hydroxyl groups is 1. The zero-order valence-electron chi connectivity index (χ0n) is 7.81. The van der Waals surface area contributed by atoms with Gasteiger partial charge in [0.2, 0.25) is 0 Å². The summed E-state index contributed by atoms with van der Waals surface area (Å²) in [6, 6.07) is 0. The molecule has 0 amide bonds. The van der Waals surface area contributed by atoms with Crippen LogP contribution in [0.3, 0.4) is 0 Å². The molecule has 0 aromatic heterocycles. The molecule has 0 radical (unpaired) electrons. The van der Waals surface area contributed by atoms with Crippen molar-refractivity contribution in [2.24, 2.45) is 0 Å². The summed E-state index contributed by atoms with van der Waals surface area (Å²) in [4.78, 5) is 0. The Labute approximate surface area is 74.1 Å². The first-order valence-corrected chi connectivity index (χ1v) is 4.72. The molecule has 0 unspecified atom stereocenters. The summed E-state index contributed by atoms with van der Waals surface area (Å²) >= 11 is 0. The first-order chi connectivity index (χ1) is 5.77. The maximum absolute atomic E-state index is 9.85. The summed E-state index contributed by atoms with van der Waals surface area (Å²) in [6.45, 7) is 2.06. The van der Waals surface area contributed by atoms with Crippen molar-refractivity contribution >= 4 is 0 Å². The lowest BCUT2D eigenvalue weighted by atomic mass is 10.0. The smallest absolute Gasteiger partial charge is 0.0880 e. The second-order valence-electron chi connectivity index (χ2n) is 3.59. The van der Waals surface area contributed by atoms with E-state index in [0.29, 0.717) is 13.2 Å². The first kappa shape index (κ1) is 9.96. The van der Waals surface area contributed by atoms with E-state index in [1.54, 1.807) is 0 Å². The van der Waals surface area contributed by atoms with E-state index in [1.807, 2.05) is 7.05 Å². The highest BCUT2D eigenvalue weighted by molar-refractivity contribution is 4.83. The molecule has 3 heteroatoms. The third kappa shape index (κ3) is 3.09. The van der Waals surface area contributed by atoms with Gasteiger partial charge in [-0.2, -0.15) is 0 Å². The monoisotopic (exact) mass is 173 g/mol. The van der Waals surface area contributed by atoms with Crippen molar-refractivity contribution in [2.45, 2.75) is 31.3 Å². The minimum absolute atomic E-state index is 0.506. The van der Waals surface area contributed by atoms with Crippen LogP contribution in [0.15, 0.2) is 0 Å². The van der Waals surface area contributed by atoms with Crippen LogP contribution >= 0.6 is 0 Å². The maximum Gasteiger partial charge on any atom is 0.0880 e. The van der Waals surface area contributed by atoms with Gasteiger partial charge in [0, 0.05) is 6.54 Å². The summed E-state index contributed by atoms with van der Waals surface area (Å²) in [5, 5.41) is 12.8. The zero-order chi connectivity index (χ0) is 8.86. The predicted molar refractivity (Wildman–Crippen MR) is 48.2 cm³/mol. The number of hydrogen-bond donors (Lipinski definition) is 2. The third-order valence-electron chi connectivity index (χ3n) is 2.40. The maximum atomic E-state index is 9.85. The number of likely N-dealkylation sites (N-methyl/N-ethyl adjacent to an activating group) is 1. The van der Waals surface area contributed by atoms with Gasteiger partial charge < -0.3 is 15.2 Å². The lowest BCUT2D eigenvalue weighted by Crippen LogP contribution is -2.31. The van der Waals surface area contributed by atoms with Gasteiger partial charge >= 0.3 is 0 Å². The Bertz CT molecular complexity index is 122. The van der Waals surface area contributed by atoms with Crippen molar-refractivity contribution in [1.82, 2.24) is 5.32 Å². The predicted octanol–water partition coefficient (Wildman–Crippen LogP) is 0.527. The Hall–Kier alpha value is -0.120. The van der Waals surface area contributed by atoms with Crippen molar-refractivity contribution < 1.29 is 9.84 Å². The Morgan fingerprint density at radius 1 is 1.42 bits per heavy atom. The van der Waals surface area contributed by atoms with E-state index < -0.39 is 5.60 Å². The molecule has 1 aliphatic rings. The molecule has 0 spiro atoms. The lowest BCUT2D eigenvalue weighted by molar-refractivity contribution is -0.0401. The highest BCUT2D eigenvalue weighted by atomic mass is 16.5. The molecule has 0 aliphatic heterocycles. The standard InChI is InChI=1S/C9H19NO2/c1-10-6-7-12-8-9(11)4-2-3-5-9/h10-11H,2-8H2,1H3. The summed E-state index contributed by atoms with van der Waals surface area (Å²) < 4.78 is 5.35. The number of ether oxygens (including phenoxy) is 1. The highest BCUT2D eigenvalue weighted by Crippen LogP contribution is 2.29. The van der Waals surface area contributed by atoms with Gasteiger partial charge in [-0.25, -0.2) is 0 Å². The van der Waals surface area contributed by atoms with Gasteiger partial charge in [0.05, 0.1) is 18.8 Å². The Morgan fingerprint density at radius 3 is 2.67 bits per heavy atom. The molecule has 1 fully saturated rings. The molecular formula is C9H19NO2. The van der Waals surface area contributed by atoms with Crippen LogP contribution in [0.4, 0.5) is 0 Å². The van der Waals surface area contributed by atoms with Crippen molar-refractivity contribution in [3.8, 4) is 0 Å². The summed E-state index contributed by atoms with van der Waals surface area (Å²) in [5.41, 5.74) is -0.506. The topological polar surface area (TPSA) is 41.5 Å². The fraction of sp³-hybridized carbons (Fsp3) is 1.00. The molecule has 12 heavy (non-hydrogen) atoms. The quantitative estimate of drug-likeness (QED) is 0.596. The van der Waals surface area contributed by atoms with Crippen molar-refractivity contribution in [2.75, 3.05) is 26.8 Å². The Kier molecular flexibility index (Phi) is 3.98. The zero-order valence-corrected chi connectivity index (χ0v) is 7.81. The molecule has 0 aromatic carbocycles. The van der Waals surface area contributed by atoms with Crippen molar-refractivity contribution in [3.63, 3.8) is 0 Å². The van der Waals surface area contributed by atoms with Crippen molar-refractivity contribution in [1.29, 1.82) is 0 Å². The molecule has 0 heterocycles. The molecule has 0 aromatic rings. The van der Waals surface area contributed by atoms with E-state index in [4.69, 9.17) is 4.74 Å². The van der Waals surface area contributed by atoms with E-state index in [9.17, 15) is 5.11 Å². The summed E-state index contributed by atoms with van der Waals surface area (Å²) in [5.74, 6) is 0. The first-order valence-electron chi connectivity index (χ1n) is 4.72. The van der Waals surface area contributed by atoms with Gasteiger partial charge in [-0.05, 0) is 19.9 Å². The number of rotatable bonds is 5. The van der Waals surface area contributed by atoms with Crippen LogP contribution in [0.25, 0.3) is 0 Å². The molecule has 3 nitrogen and oxygen atoms in total. The summed E-state index contributed by atoms with van der Waals surface area (Å²) in [7, 11) is 1.90. The van der Waals surface area contributed by atoms with Crippen LogP contribution < -0.4 is 5.32 Å². The van der Waals surface area contributed by atoms with Crippen LogP contribution in [0.1, 0.15) is 25.7 Å². The van der Waals surface area contributed by atoms with Crippen LogP contribution in [0.2, 0.25) is 0 Å². The van der Waals surface area contributed by atoms with E-state index in [0.717, 1.165) is 32.2 Å². The molecule has 0 bridgehead atoms. The van der Waals surface area contributed by atoms with Crippen LogP contribution in [-0.4, -0.2) is 37.5 Å². The minimum atomic E-state index is -0.506. The van der Waals surface area contributed by atoms with Gasteiger partial charge in [-0.15, -0.1) is 0 Å². The van der Waals surface area contributed by atoms with Gasteiger partial charge in [0.15, 0.2) is 0 Å². The Morgan fingerprint density at radius 2 is 2.08 bits per heavy atom. The molecule has 72 valence electrons. The van der Waals surface area contributed by atoms with E-state index in [1.165, 1.54) is 0 Å². The normalized spacial score (nSPS) is 21.5. The Balaban J connectivity index is 2.05. The van der Waals surface area contributed by atoms with Gasteiger partial charge in [0.25, 0.3) is 0 Å². The summed E-state index contributed by atoms with van der Waals surface area (Å²) in [6.07, 6.45) is 4.11. The second kappa shape index (κ2) is 4.80. The van der Waals surface area contributed by atoms with Gasteiger partial charge in [-0.3, -0.25) is 0 Å². The fourth-order valence-electron chi connectivity index (χ4n) is 1.61. The van der Waals surface area contributed by atoms with Crippen LogP contribution in [0.5, 0.6) is 0 Å². The fourth-order valence-corrected chi connectivity index (χ4v) is 1.61. The molecule has 1 aliphatic carbocycles. The SMILES string of the molecule is CNCCOCC1(O)CCCC1.